The van der Waals surface area contributed by atoms with Crippen molar-refractivity contribution in [2.75, 3.05) is 69.8 Å². The van der Waals surface area contributed by atoms with Gasteiger partial charge in [0.25, 0.3) is 35.4 Å². The van der Waals surface area contributed by atoms with Crippen molar-refractivity contribution in [2.24, 2.45) is 70.1 Å². The molecule has 12 heterocycles. The number of amides is 12. The van der Waals surface area contributed by atoms with E-state index < -0.39 is 177 Å². The summed E-state index contributed by atoms with van der Waals surface area (Å²) in [6.07, 6.45) is 1.70. The first-order valence-electron chi connectivity index (χ1n) is 50.1. The number of benzene rings is 4. The Balaban J connectivity index is 0.000000157. The van der Waals surface area contributed by atoms with E-state index in [1.807, 2.05) is 82.3 Å². The van der Waals surface area contributed by atoms with Gasteiger partial charge in [-0.3, -0.25) is 91.3 Å². The zero-order valence-electron chi connectivity index (χ0n) is 86.6. The maximum atomic E-state index is 13.6. The molecule has 17 rings (SSSR count). The number of aliphatic hydroxyl groups is 5. The summed E-state index contributed by atoms with van der Waals surface area (Å²) in [7, 11) is 3.17. The summed E-state index contributed by atoms with van der Waals surface area (Å²) in [6, 6.07) is 17.1. The Kier molecular flexibility index (Phi) is 33.5. The largest absolute Gasteiger partial charge is 0.497 e. The van der Waals surface area contributed by atoms with Crippen molar-refractivity contribution < 1.29 is 125 Å². The van der Waals surface area contributed by atoms with Crippen molar-refractivity contribution in [2.45, 2.75) is 299 Å². The molecule has 802 valence electrons. The van der Waals surface area contributed by atoms with Crippen molar-refractivity contribution in [3.8, 4) is 5.75 Å². The lowest BCUT2D eigenvalue weighted by Crippen LogP contribution is -2.78. The van der Waals surface area contributed by atoms with E-state index in [-0.39, 0.29) is 145 Å². The number of carbonyl (C=O) groups is 17. The third-order valence-corrected chi connectivity index (χ3v) is 33.0. The van der Waals surface area contributed by atoms with Gasteiger partial charge in [-0.2, -0.15) is 0 Å². The fourth-order valence-corrected chi connectivity index (χ4v) is 24.6. The van der Waals surface area contributed by atoms with Crippen molar-refractivity contribution in [1.29, 1.82) is 0 Å². The second-order valence-electron chi connectivity index (χ2n) is 42.6. The first-order valence-corrected chi connectivity index (χ1v) is 50.1. The van der Waals surface area contributed by atoms with E-state index in [1.165, 1.54) is 145 Å². The van der Waals surface area contributed by atoms with Crippen LogP contribution in [0.15, 0.2) is 97.1 Å². The lowest BCUT2D eigenvalue weighted by atomic mass is 9.73. The number of halogens is 3. The molecule has 13 aliphatic rings. The molecule has 147 heavy (non-hydrogen) atoms. The van der Waals surface area contributed by atoms with Gasteiger partial charge in [-0.15, -0.1) is 0 Å². The number of nitrogens with one attached hydrogen (secondary N) is 1. The standard InChI is InChI=1S/C19H23F2N3O4.C19H31N3O4.C19H18N2O3.C18H22FN3O4.C16H27N3O4.C13H21N3O4/c1-9-15(22)17(27)24(7-12-4-5-13(20)14(21)6-12)19(9)8-23(18(19)28)16(10(2)25)11(3)26;1-11-15(20)17(25)22(9-14-7-5-4-6-8-14)19(11)10-21(18(19)26)16(12(2)23)13(3)24;1-24-15-9-7-14(8-10-15)21-17(13-5-3-2-4-6-13)19(18(21)23)12-11-16(22)20-19;1-9-14(20)16(25)22(13-6-4-12(19)5-7-13)18(9)8-21(17(18)26)15(10(2)23)11(3)24;1-8(2)6-19-14(22)12(17)9(3)16(19)7-18(15(16)23)13(10(4)20)11(5)21;1-6-9(14)11(19)15(4)13(6)5-16(12(13)20)10(7(2)17)8(3)18/h4-6,9-10,15-16,25H,7-8,22H2,1-3H3;11-12,14-16,23H,4-10,20H2,1-3H3;2-10,17H,11-12H2,1H3,(H,20,22);4-7,9-10,14-15,23H,8,20H2,1-3H3;8-10,12-13,20H,6-7,17H2,1-5H3;6-7,9-10,17H,5,14H2,1-4H3/t9?,10-,15?,16+,19?;11?,12-,15?,16+,19?;;9?,10-,14?,15+,18?;9?,10-,12?,13+,16?;6?,7-,9?,10+,13?/m11.111/s1. The van der Waals surface area contributed by atoms with E-state index in [1.54, 1.807) is 49.6 Å². The third-order valence-electron chi connectivity index (χ3n) is 33.0. The first kappa shape index (κ1) is 114. The van der Waals surface area contributed by atoms with Gasteiger partial charge in [0.15, 0.2) is 40.6 Å². The molecule has 17 unspecified atom stereocenters. The van der Waals surface area contributed by atoms with E-state index in [0.29, 0.717) is 43.1 Å². The number of anilines is 2. The summed E-state index contributed by atoms with van der Waals surface area (Å²) in [5.74, 6) is -8.02. The second-order valence-corrected chi connectivity index (χ2v) is 42.6. The summed E-state index contributed by atoms with van der Waals surface area (Å²) >= 11 is 0. The number of Topliss-reactive ketones (excluding diaryl/α,β-unsaturated/α-hetero) is 5. The average molecular weight is 2060 g/mol. The zero-order chi connectivity index (χ0) is 109. The van der Waals surface area contributed by atoms with Crippen LogP contribution in [-0.4, -0.2) is 354 Å². The number of hydrogen-bond acceptors (Lipinski definition) is 28. The van der Waals surface area contributed by atoms with Crippen LogP contribution in [0.1, 0.15) is 180 Å². The van der Waals surface area contributed by atoms with Crippen LogP contribution in [-0.2, 0) is 88.1 Å². The molecule has 1 saturated carbocycles. The summed E-state index contributed by atoms with van der Waals surface area (Å²) in [5, 5.41) is 52.2. The Hall–Kier alpha value is -11.9. The smallest absolute Gasteiger partial charge is 0.255 e. The Morgan fingerprint density at radius 2 is 0.789 bits per heavy atom. The molecule has 1 aliphatic carbocycles. The Morgan fingerprint density at radius 1 is 0.429 bits per heavy atom. The number of ether oxygens (including phenoxy) is 1. The number of methoxy groups -OCH3 is 1. The average Bonchev–Trinajstić information content (AvgIpc) is 1.50. The molecule has 43 heteroatoms. The maximum Gasteiger partial charge on any atom is 0.255 e. The van der Waals surface area contributed by atoms with E-state index in [4.69, 9.17) is 33.4 Å². The molecule has 12 amide bonds. The molecule has 0 aromatic heterocycles. The normalized spacial score (nSPS) is 31.5. The van der Waals surface area contributed by atoms with Crippen molar-refractivity contribution in [1.82, 2.24) is 49.4 Å². The fraction of sp³-hybridized carbons (Fsp3) is 0.606. The molecule has 4 aromatic carbocycles. The van der Waals surface area contributed by atoms with Gasteiger partial charge in [0, 0.05) is 74.1 Å². The van der Waals surface area contributed by atoms with Gasteiger partial charge in [0.2, 0.25) is 35.4 Å². The maximum absolute atomic E-state index is 13.6. The van der Waals surface area contributed by atoms with Gasteiger partial charge in [-0.1, -0.05) is 104 Å². The number of carbonyl (C=O) groups excluding carboxylic acids is 17. The molecule has 4 aromatic rings. The van der Waals surface area contributed by atoms with Gasteiger partial charge in [-0.25, -0.2) is 13.2 Å². The minimum absolute atomic E-state index is 0.0330. The number of nitrogens with zero attached hydrogens (tertiary/aromatic N) is 11. The van der Waals surface area contributed by atoms with Gasteiger partial charge < -0.3 is 108 Å². The number of β-lactam (4-membered cyclic amide) rings is 6. The van der Waals surface area contributed by atoms with Crippen LogP contribution in [0.25, 0.3) is 0 Å². The SMILES string of the molecule is CC(=O)[C@H]([C@@H](C)O)N1CC2(C1=O)C(C)C(N)C(=O)N2C.CC(=O)[C@H]([C@@H](C)O)N1CC2(C1=O)C(C)C(N)C(=O)N2CC(C)C.CC(=O)[C@H]([C@@H](C)O)N1CC2(C1=O)C(C)C(N)C(=O)N2CC1CCCCC1.CC(=O)[C@H]([C@@H](C)O)N1CC2(C1=O)C(C)C(N)C(=O)N2Cc1ccc(F)c(F)c1.CC(=O)[C@H]([C@@H](C)O)N1CC2(C1=O)C(C)C(N)C(=O)N2c1ccc(F)cc1.COc1ccc(N2C(=O)C3(CCC(=O)N3)C2c2ccccc2)cc1. The quantitative estimate of drug-likeness (QED) is 0.0406. The Bertz CT molecular complexity index is 5780. The highest BCUT2D eigenvalue weighted by Gasteiger charge is 2.75. The molecule has 12 saturated heterocycles. The van der Waals surface area contributed by atoms with Crippen molar-refractivity contribution >= 4 is 111 Å². The summed E-state index contributed by atoms with van der Waals surface area (Å²) in [5.41, 5.74) is 26.3. The number of likely N-dealkylation sites (tertiary alicyclic amines) is 9. The van der Waals surface area contributed by atoms with Gasteiger partial charge >= 0.3 is 0 Å². The summed E-state index contributed by atoms with van der Waals surface area (Å²) in [6.45, 7) is 28.5. The molecule has 27 atom stereocenters. The van der Waals surface area contributed by atoms with Gasteiger partial charge in [-0.05, 0) is 172 Å². The van der Waals surface area contributed by atoms with Crippen LogP contribution in [0.2, 0.25) is 0 Å². The molecule has 40 nitrogen and oxygen atoms in total. The minimum atomic E-state index is -1.27. The number of ketones is 5. The monoisotopic (exact) mass is 2050 g/mol. The van der Waals surface area contributed by atoms with E-state index in [0.717, 1.165) is 54.8 Å². The number of aliphatic hydroxyl groups excluding tert-OH is 5. The Labute approximate surface area is 852 Å². The van der Waals surface area contributed by atoms with Crippen LogP contribution in [0.4, 0.5) is 24.5 Å². The van der Waals surface area contributed by atoms with Crippen LogP contribution >= 0.6 is 0 Å². The fourth-order valence-electron chi connectivity index (χ4n) is 24.6. The molecular formula is C104H142F3N17O23. The molecule has 6 spiro atoms. The number of hydrogen-bond donors (Lipinski definition) is 11. The highest BCUT2D eigenvalue weighted by Crippen LogP contribution is 2.54. The highest BCUT2D eigenvalue weighted by atomic mass is 19.2. The number of rotatable bonds is 25. The van der Waals surface area contributed by atoms with Gasteiger partial charge in [0.05, 0.1) is 107 Å². The van der Waals surface area contributed by atoms with E-state index in [2.05, 4.69) is 5.32 Å². The first-order chi connectivity index (χ1) is 68.7. The molecular weight excluding hydrogens is 1910 g/mol. The molecule has 16 N–H and O–H groups in total. The van der Waals surface area contributed by atoms with E-state index >= 15 is 0 Å². The molecule has 12 aliphatic heterocycles. The summed E-state index contributed by atoms with van der Waals surface area (Å²) < 4.78 is 45.2. The molecule has 13 fully saturated rings. The third kappa shape index (κ3) is 19.2. The highest BCUT2D eigenvalue weighted by molar-refractivity contribution is 6.15. The predicted octanol–water partition coefficient (Wildman–Crippen LogP) is 0.677. The van der Waals surface area contributed by atoms with Crippen molar-refractivity contribution in [3.05, 3.63) is 126 Å². The minimum Gasteiger partial charge on any atom is -0.497 e. The van der Waals surface area contributed by atoms with Crippen LogP contribution in [0.3, 0.4) is 0 Å². The van der Waals surface area contributed by atoms with Crippen LogP contribution in [0.5, 0.6) is 5.75 Å². The van der Waals surface area contributed by atoms with Crippen molar-refractivity contribution in [3.63, 3.8) is 0 Å². The summed E-state index contributed by atoms with van der Waals surface area (Å²) in [4.78, 5) is 227. The van der Waals surface area contributed by atoms with E-state index in [9.17, 15) is 120 Å². The zero-order valence-corrected chi connectivity index (χ0v) is 86.6. The van der Waals surface area contributed by atoms with Crippen LogP contribution < -0.4 is 48.5 Å². The second kappa shape index (κ2) is 43.3. The number of nitrogens with two attached hydrogens (primary N) is 5. The molecule has 0 bridgehead atoms. The lowest BCUT2D eigenvalue weighted by molar-refractivity contribution is -0.178. The Morgan fingerprint density at radius 3 is 1.16 bits per heavy atom. The number of likely N-dealkylation sites (N-methyl/N-ethyl adjacent to an activating group) is 1. The molecule has 0 radical (unpaired) electrons. The van der Waals surface area contributed by atoms with Gasteiger partial charge in [0.1, 0.15) is 75.0 Å². The topological polar surface area (TPSA) is 578 Å². The predicted molar refractivity (Wildman–Crippen MR) is 527 cm³/mol. The van der Waals surface area contributed by atoms with Crippen LogP contribution in [0, 0.1) is 58.9 Å². The lowest BCUT2D eigenvalue weighted by Gasteiger charge is -2.56.